The molecule has 24 heavy (non-hydrogen) atoms. The maximum absolute atomic E-state index is 13.7. The van der Waals surface area contributed by atoms with Crippen LogP contribution in [0.5, 0.6) is 0 Å². The van der Waals surface area contributed by atoms with Crippen LogP contribution < -0.4 is 0 Å². The molecule has 0 heterocycles. The standard InChI is InChI=1S/C22H25F2/c1-15-3-5-17(6-4-15)7-8-18-9-11-19(12-10-18)20-13-21(23)16(2)22(24)14-20/h9-14,17H,3-8H2,1-2H3. The van der Waals surface area contributed by atoms with Gasteiger partial charge in [0.15, 0.2) is 0 Å². The highest BCUT2D eigenvalue weighted by molar-refractivity contribution is 5.64. The van der Waals surface area contributed by atoms with E-state index in [9.17, 15) is 8.78 Å². The van der Waals surface area contributed by atoms with Crippen molar-refractivity contribution in [1.82, 2.24) is 0 Å². The lowest BCUT2D eigenvalue weighted by Crippen LogP contribution is -2.11. The monoisotopic (exact) mass is 327 g/mol. The Labute approximate surface area is 143 Å². The van der Waals surface area contributed by atoms with Crippen molar-refractivity contribution in [3.05, 3.63) is 65.1 Å². The summed E-state index contributed by atoms with van der Waals surface area (Å²) >= 11 is 0. The first-order valence-corrected chi connectivity index (χ1v) is 8.89. The molecule has 1 aliphatic carbocycles. The minimum absolute atomic E-state index is 0.0790. The second-order valence-corrected chi connectivity index (χ2v) is 7.20. The molecule has 0 atom stereocenters. The fourth-order valence-corrected chi connectivity index (χ4v) is 3.51. The molecule has 0 amide bonds. The first-order valence-electron chi connectivity index (χ1n) is 8.89. The SMILES string of the molecule is C[C]1CCC(CCc2ccc(-c3cc(F)c(C)c(F)c3)cc2)CC1. The highest BCUT2D eigenvalue weighted by Crippen LogP contribution is 2.32. The van der Waals surface area contributed by atoms with Gasteiger partial charge in [-0.2, -0.15) is 0 Å². The van der Waals surface area contributed by atoms with Crippen molar-refractivity contribution in [1.29, 1.82) is 0 Å². The molecular weight excluding hydrogens is 302 g/mol. The highest BCUT2D eigenvalue weighted by atomic mass is 19.1. The predicted octanol–water partition coefficient (Wildman–Crippen LogP) is 6.66. The Morgan fingerprint density at radius 1 is 0.875 bits per heavy atom. The summed E-state index contributed by atoms with van der Waals surface area (Å²) in [5.41, 5.74) is 2.84. The lowest BCUT2D eigenvalue weighted by molar-refractivity contribution is 0.358. The average Bonchev–Trinajstić information content (AvgIpc) is 2.59. The summed E-state index contributed by atoms with van der Waals surface area (Å²) in [5.74, 6) is 1.51. The second-order valence-electron chi connectivity index (χ2n) is 7.20. The summed E-state index contributed by atoms with van der Waals surface area (Å²) in [7, 11) is 0. The molecule has 1 radical (unpaired) electrons. The van der Waals surface area contributed by atoms with Crippen LogP contribution in [0.3, 0.4) is 0 Å². The van der Waals surface area contributed by atoms with Crippen LogP contribution in [-0.2, 0) is 6.42 Å². The van der Waals surface area contributed by atoms with Crippen molar-refractivity contribution in [3.63, 3.8) is 0 Å². The van der Waals surface area contributed by atoms with Gasteiger partial charge in [0.1, 0.15) is 11.6 Å². The van der Waals surface area contributed by atoms with E-state index in [4.69, 9.17) is 0 Å². The molecule has 127 valence electrons. The molecule has 2 aromatic rings. The molecule has 0 saturated heterocycles. The Morgan fingerprint density at radius 2 is 1.46 bits per heavy atom. The van der Waals surface area contributed by atoms with Gasteiger partial charge in [-0.05, 0) is 86.1 Å². The van der Waals surface area contributed by atoms with E-state index in [2.05, 4.69) is 19.1 Å². The van der Waals surface area contributed by atoms with Crippen LogP contribution in [0, 0.1) is 30.4 Å². The lowest BCUT2D eigenvalue weighted by Gasteiger charge is -2.25. The number of hydrogen-bond acceptors (Lipinski definition) is 0. The van der Waals surface area contributed by atoms with Crippen molar-refractivity contribution in [2.24, 2.45) is 5.92 Å². The van der Waals surface area contributed by atoms with E-state index >= 15 is 0 Å². The molecule has 1 fully saturated rings. The van der Waals surface area contributed by atoms with Crippen LogP contribution in [-0.4, -0.2) is 0 Å². The lowest BCUT2D eigenvalue weighted by atomic mass is 9.80. The quantitative estimate of drug-likeness (QED) is 0.589. The zero-order valence-electron chi connectivity index (χ0n) is 14.5. The molecule has 0 spiro atoms. The summed E-state index contributed by atoms with van der Waals surface area (Å²) in [6.45, 7) is 3.73. The topological polar surface area (TPSA) is 0 Å². The van der Waals surface area contributed by atoms with Crippen molar-refractivity contribution >= 4 is 0 Å². The number of benzene rings is 2. The van der Waals surface area contributed by atoms with Crippen molar-refractivity contribution < 1.29 is 8.78 Å². The maximum atomic E-state index is 13.7. The van der Waals surface area contributed by atoms with Gasteiger partial charge in [0.2, 0.25) is 0 Å². The van der Waals surface area contributed by atoms with Crippen LogP contribution >= 0.6 is 0 Å². The first kappa shape index (κ1) is 17.1. The van der Waals surface area contributed by atoms with Gasteiger partial charge in [0.25, 0.3) is 0 Å². The first-order chi connectivity index (χ1) is 11.5. The molecule has 0 nitrogen and oxygen atoms in total. The van der Waals surface area contributed by atoms with Crippen LogP contribution in [0.1, 0.15) is 50.2 Å². The molecule has 3 rings (SSSR count). The fraction of sp³-hybridized carbons (Fsp3) is 0.409. The molecule has 2 aromatic carbocycles. The Bertz CT molecular complexity index is 657. The molecule has 0 aliphatic heterocycles. The van der Waals surface area contributed by atoms with Gasteiger partial charge in [0, 0.05) is 5.56 Å². The molecule has 0 aromatic heterocycles. The second kappa shape index (κ2) is 7.46. The normalized spacial score (nSPS) is 16.5. The predicted molar refractivity (Wildman–Crippen MR) is 95.7 cm³/mol. The van der Waals surface area contributed by atoms with E-state index < -0.39 is 11.6 Å². The van der Waals surface area contributed by atoms with Crippen LogP contribution in [0.2, 0.25) is 0 Å². The zero-order valence-corrected chi connectivity index (χ0v) is 14.5. The highest BCUT2D eigenvalue weighted by Gasteiger charge is 2.18. The summed E-state index contributed by atoms with van der Waals surface area (Å²) in [5, 5.41) is 0. The fourth-order valence-electron chi connectivity index (χ4n) is 3.51. The minimum atomic E-state index is -0.488. The van der Waals surface area contributed by atoms with Crippen LogP contribution in [0.25, 0.3) is 11.1 Å². The van der Waals surface area contributed by atoms with Gasteiger partial charge in [-0.1, -0.05) is 31.2 Å². The number of aryl methyl sites for hydroxylation is 1. The van der Waals surface area contributed by atoms with Gasteiger partial charge in [-0.15, -0.1) is 0 Å². The molecule has 0 bridgehead atoms. The average molecular weight is 327 g/mol. The van der Waals surface area contributed by atoms with E-state index in [-0.39, 0.29) is 5.56 Å². The van der Waals surface area contributed by atoms with Gasteiger partial charge >= 0.3 is 0 Å². The summed E-state index contributed by atoms with van der Waals surface area (Å²) < 4.78 is 27.4. The van der Waals surface area contributed by atoms with E-state index in [1.807, 2.05) is 12.1 Å². The van der Waals surface area contributed by atoms with Gasteiger partial charge in [0.05, 0.1) is 0 Å². The third-order valence-electron chi connectivity index (χ3n) is 5.37. The number of halogens is 2. The molecular formula is C22H25F2. The molecule has 0 unspecified atom stereocenters. The summed E-state index contributed by atoms with van der Waals surface area (Å²) in [6, 6.07) is 10.9. The molecule has 1 aliphatic rings. The summed E-state index contributed by atoms with van der Waals surface area (Å²) in [4.78, 5) is 0. The van der Waals surface area contributed by atoms with Crippen LogP contribution in [0.4, 0.5) is 8.78 Å². The maximum Gasteiger partial charge on any atom is 0.129 e. The number of hydrogen-bond donors (Lipinski definition) is 0. The smallest absolute Gasteiger partial charge is 0.129 e. The van der Waals surface area contributed by atoms with Crippen molar-refractivity contribution in [3.8, 4) is 11.1 Å². The Kier molecular flexibility index (Phi) is 5.33. The van der Waals surface area contributed by atoms with E-state index in [0.717, 1.165) is 17.9 Å². The van der Waals surface area contributed by atoms with Crippen molar-refractivity contribution in [2.45, 2.75) is 52.4 Å². The Morgan fingerprint density at radius 3 is 2.04 bits per heavy atom. The van der Waals surface area contributed by atoms with Crippen molar-refractivity contribution in [2.75, 3.05) is 0 Å². The third kappa shape index (κ3) is 4.03. The van der Waals surface area contributed by atoms with Gasteiger partial charge < -0.3 is 0 Å². The van der Waals surface area contributed by atoms with Gasteiger partial charge in [-0.3, -0.25) is 0 Å². The largest absolute Gasteiger partial charge is 0.207 e. The molecule has 1 saturated carbocycles. The Balaban J connectivity index is 1.63. The Hall–Kier alpha value is -1.70. The number of rotatable bonds is 4. The van der Waals surface area contributed by atoms with Gasteiger partial charge in [-0.25, -0.2) is 8.78 Å². The minimum Gasteiger partial charge on any atom is -0.207 e. The summed E-state index contributed by atoms with van der Waals surface area (Å²) in [6.07, 6.45) is 7.54. The molecule has 0 N–H and O–H groups in total. The third-order valence-corrected chi connectivity index (χ3v) is 5.37. The van der Waals surface area contributed by atoms with E-state index in [0.29, 0.717) is 5.56 Å². The zero-order chi connectivity index (χ0) is 17.1. The van der Waals surface area contributed by atoms with Crippen LogP contribution in [0.15, 0.2) is 36.4 Å². The van der Waals surface area contributed by atoms with E-state index in [1.54, 1.807) is 5.92 Å². The van der Waals surface area contributed by atoms with E-state index in [1.165, 1.54) is 56.7 Å². The molecule has 2 heteroatoms.